The van der Waals surface area contributed by atoms with Gasteiger partial charge in [-0.2, -0.15) is 0 Å². The van der Waals surface area contributed by atoms with Gasteiger partial charge in [0.05, 0.1) is 11.3 Å². The maximum atomic E-state index is 14.3. The van der Waals surface area contributed by atoms with Gasteiger partial charge in [-0.1, -0.05) is 18.2 Å². The Hall–Kier alpha value is -3.66. The van der Waals surface area contributed by atoms with Crippen LogP contribution in [0.2, 0.25) is 0 Å². The lowest BCUT2D eigenvalue weighted by Crippen LogP contribution is -2.33. The lowest BCUT2D eigenvalue weighted by atomic mass is 10.2. The molecule has 1 N–H and O–H groups in total. The van der Waals surface area contributed by atoms with Crippen molar-refractivity contribution in [2.24, 2.45) is 0 Å². The number of amides is 2. The van der Waals surface area contributed by atoms with Crippen LogP contribution in [0.5, 0.6) is 5.75 Å². The van der Waals surface area contributed by atoms with Crippen LogP contribution in [0.4, 0.5) is 28.9 Å². The zero-order chi connectivity index (χ0) is 22.2. The molecule has 0 saturated heterocycles. The highest BCUT2D eigenvalue weighted by atomic mass is 32.1. The fourth-order valence-electron chi connectivity index (χ4n) is 3.03. The summed E-state index contributed by atoms with van der Waals surface area (Å²) in [7, 11) is 0. The molecule has 10 heteroatoms. The zero-order valence-electron chi connectivity index (χ0n) is 15.4. The van der Waals surface area contributed by atoms with E-state index in [1.165, 1.54) is 41.7 Å². The number of rotatable bonds is 5. The number of halogens is 4. The van der Waals surface area contributed by atoms with E-state index in [1.807, 2.05) is 0 Å². The van der Waals surface area contributed by atoms with Gasteiger partial charge in [0.25, 0.3) is 11.8 Å². The highest BCUT2D eigenvalue weighted by Gasteiger charge is 2.41. The van der Waals surface area contributed by atoms with E-state index in [4.69, 9.17) is 0 Å². The maximum Gasteiger partial charge on any atom is 0.573 e. The Kier molecular flexibility index (Phi) is 5.24. The van der Waals surface area contributed by atoms with Gasteiger partial charge in [-0.15, -0.1) is 24.5 Å². The van der Waals surface area contributed by atoms with Crippen LogP contribution >= 0.6 is 11.3 Å². The van der Waals surface area contributed by atoms with E-state index in [2.05, 4.69) is 10.1 Å². The zero-order valence-corrected chi connectivity index (χ0v) is 16.3. The Balaban J connectivity index is 1.70. The van der Waals surface area contributed by atoms with Gasteiger partial charge in [0.1, 0.15) is 17.3 Å². The highest BCUT2D eigenvalue weighted by molar-refractivity contribution is 7.11. The molecule has 1 aromatic heterocycles. The Morgan fingerprint density at radius 3 is 2.23 bits per heavy atom. The molecule has 0 saturated carbocycles. The molecular weight excluding hydrogens is 436 g/mol. The smallest absolute Gasteiger partial charge is 0.406 e. The number of imide groups is 1. The minimum atomic E-state index is -4.84. The predicted molar refractivity (Wildman–Crippen MR) is 107 cm³/mol. The third kappa shape index (κ3) is 4.15. The van der Waals surface area contributed by atoms with E-state index in [-0.39, 0.29) is 22.6 Å². The van der Waals surface area contributed by atoms with Gasteiger partial charge >= 0.3 is 6.36 Å². The quantitative estimate of drug-likeness (QED) is 0.432. The molecule has 2 aromatic carbocycles. The molecule has 31 heavy (non-hydrogen) atoms. The van der Waals surface area contributed by atoms with E-state index >= 15 is 0 Å². The van der Waals surface area contributed by atoms with Crippen LogP contribution in [0.3, 0.4) is 0 Å². The second-order valence-corrected chi connectivity index (χ2v) is 7.27. The van der Waals surface area contributed by atoms with Crippen molar-refractivity contribution in [2.75, 3.05) is 10.2 Å². The van der Waals surface area contributed by atoms with Crippen LogP contribution in [-0.4, -0.2) is 18.2 Å². The van der Waals surface area contributed by atoms with E-state index in [1.54, 1.807) is 17.5 Å². The topological polar surface area (TPSA) is 58.6 Å². The molecule has 4 rings (SSSR count). The van der Waals surface area contributed by atoms with Crippen LogP contribution in [0, 0.1) is 5.82 Å². The number of thiophene rings is 1. The molecule has 0 atom stereocenters. The lowest BCUT2D eigenvalue weighted by molar-refractivity contribution is -0.274. The number of carbonyl (C=O) groups is 2. The van der Waals surface area contributed by atoms with Crippen molar-refractivity contribution in [2.45, 2.75) is 6.36 Å². The van der Waals surface area contributed by atoms with Gasteiger partial charge in [0.15, 0.2) is 0 Å². The Morgan fingerprint density at radius 2 is 1.61 bits per heavy atom. The third-order valence-electron chi connectivity index (χ3n) is 4.30. The monoisotopic (exact) mass is 448 g/mol. The first-order chi connectivity index (χ1) is 14.7. The number of nitrogens with zero attached hydrogens (tertiary/aromatic N) is 1. The fraction of sp³-hybridized carbons (Fsp3) is 0.0476. The first-order valence-corrected chi connectivity index (χ1v) is 9.67. The molecule has 0 bridgehead atoms. The number of anilines is 2. The number of carbonyl (C=O) groups excluding carboxylic acids is 2. The maximum absolute atomic E-state index is 14.3. The van der Waals surface area contributed by atoms with Crippen molar-refractivity contribution < 1.29 is 31.9 Å². The average Bonchev–Trinajstić information content (AvgIpc) is 3.30. The molecule has 2 amide bonds. The highest BCUT2D eigenvalue weighted by Crippen LogP contribution is 2.36. The number of para-hydroxylation sites is 1. The Labute approximate surface area is 177 Å². The number of alkyl halides is 3. The second kappa shape index (κ2) is 7.88. The summed E-state index contributed by atoms with van der Waals surface area (Å²) in [6, 6.07) is 13.4. The average molecular weight is 448 g/mol. The van der Waals surface area contributed by atoms with Gasteiger partial charge in [0, 0.05) is 10.6 Å². The molecule has 3 aromatic rings. The summed E-state index contributed by atoms with van der Waals surface area (Å²) in [6.07, 6.45) is -4.84. The van der Waals surface area contributed by atoms with Crippen LogP contribution in [-0.2, 0) is 9.59 Å². The van der Waals surface area contributed by atoms with Gasteiger partial charge < -0.3 is 10.1 Å². The summed E-state index contributed by atoms with van der Waals surface area (Å²) in [5, 5.41) is 4.50. The van der Waals surface area contributed by atoms with Crippen molar-refractivity contribution in [3.8, 4) is 5.75 Å². The van der Waals surface area contributed by atoms with Gasteiger partial charge in [-0.05, 0) is 47.8 Å². The van der Waals surface area contributed by atoms with Crippen molar-refractivity contribution in [3.05, 3.63) is 82.4 Å². The Bertz CT molecular complexity index is 1170. The van der Waals surface area contributed by atoms with Gasteiger partial charge in [0.2, 0.25) is 0 Å². The van der Waals surface area contributed by atoms with E-state index in [9.17, 15) is 27.2 Å². The molecule has 5 nitrogen and oxygen atoms in total. The van der Waals surface area contributed by atoms with Crippen molar-refractivity contribution in [1.82, 2.24) is 0 Å². The van der Waals surface area contributed by atoms with Crippen LogP contribution in [0.1, 0.15) is 4.88 Å². The number of benzene rings is 2. The number of ether oxygens (including phenoxy) is 1. The normalized spacial score (nSPS) is 14.4. The van der Waals surface area contributed by atoms with E-state index in [0.717, 1.165) is 23.1 Å². The summed E-state index contributed by atoms with van der Waals surface area (Å²) in [5.74, 6) is -2.68. The molecule has 0 aliphatic carbocycles. The summed E-state index contributed by atoms with van der Waals surface area (Å²) in [4.78, 5) is 27.4. The first-order valence-electron chi connectivity index (χ1n) is 8.79. The van der Waals surface area contributed by atoms with Crippen molar-refractivity contribution in [3.63, 3.8) is 0 Å². The van der Waals surface area contributed by atoms with Gasteiger partial charge in [-0.3, -0.25) is 9.59 Å². The van der Waals surface area contributed by atoms with Crippen molar-refractivity contribution in [1.29, 1.82) is 0 Å². The minimum Gasteiger partial charge on any atom is -0.406 e. The molecule has 0 fully saturated rings. The van der Waals surface area contributed by atoms with E-state index in [0.29, 0.717) is 4.88 Å². The van der Waals surface area contributed by atoms with E-state index < -0.39 is 29.7 Å². The molecular formula is C21H12F4N2O3S. The summed E-state index contributed by atoms with van der Waals surface area (Å²) in [5.41, 5.74) is -0.0218. The van der Waals surface area contributed by atoms with Crippen LogP contribution in [0.25, 0.3) is 5.57 Å². The molecule has 1 aliphatic heterocycles. The molecule has 2 heterocycles. The first kappa shape index (κ1) is 20.6. The molecule has 0 unspecified atom stereocenters. The Morgan fingerprint density at radius 1 is 0.903 bits per heavy atom. The van der Waals surface area contributed by atoms with Crippen LogP contribution in [0.15, 0.2) is 71.7 Å². The molecule has 1 aliphatic rings. The fourth-order valence-corrected chi connectivity index (χ4v) is 3.80. The predicted octanol–water partition coefficient (Wildman–Crippen LogP) is 5.18. The minimum absolute atomic E-state index is 0.0406. The van der Waals surface area contributed by atoms with Crippen LogP contribution < -0.4 is 15.0 Å². The van der Waals surface area contributed by atoms with Crippen molar-refractivity contribution >= 4 is 40.1 Å². The standard InChI is InChI=1S/C21H12F4N2O3S/c22-14-4-1-2-5-15(14)27-19(28)17(16-6-3-11-31-16)18(20(27)29)26-12-7-9-13(10-8-12)30-21(23,24)25/h1-11,26H. The number of hydrogen-bond acceptors (Lipinski definition) is 5. The molecule has 0 radical (unpaired) electrons. The lowest BCUT2D eigenvalue weighted by Gasteiger charge is -2.16. The number of hydrogen-bond donors (Lipinski definition) is 1. The second-order valence-electron chi connectivity index (χ2n) is 6.32. The SMILES string of the molecule is O=C1C(Nc2ccc(OC(F)(F)F)cc2)=C(c2cccs2)C(=O)N1c1ccccc1F. The summed E-state index contributed by atoms with van der Waals surface area (Å²) in [6.45, 7) is 0. The molecule has 158 valence electrons. The van der Waals surface area contributed by atoms with Gasteiger partial charge in [-0.25, -0.2) is 9.29 Å². The summed E-state index contributed by atoms with van der Waals surface area (Å²) >= 11 is 1.21. The molecule has 0 spiro atoms. The summed E-state index contributed by atoms with van der Waals surface area (Å²) < 4.78 is 55.2. The number of nitrogens with one attached hydrogen (secondary N) is 1. The third-order valence-corrected chi connectivity index (χ3v) is 5.19. The largest absolute Gasteiger partial charge is 0.573 e.